The molecule has 0 saturated carbocycles. The first-order valence-corrected chi connectivity index (χ1v) is 7.56. The third-order valence-electron chi connectivity index (χ3n) is 3.49. The molecule has 2 aromatic heterocycles. The van der Waals surface area contributed by atoms with Crippen LogP contribution in [0.15, 0.2) is 0 Å². The SMILES string of the molecule is CCCC(C)(N)c1nn2c(C3CCCO3)nnc2s1. The average Bonchev–Trinajstić information content (AvgIpc) is 3.04. The van der Waals surface area contributed by atoms with Gasteiger partial charge in [0.05, 0.1) is 5.54 Å². The van der Waals surface area contributed by atoms with Gasteiger partial charge in [-0.25, -0.2) is 0 Å². The van der Waals surface area contributed by atoms with Gasteiger partial charge in [-0.1, -0.05) is 24.7 Å². The summed E-state index contributed by atoms with van der Waals surface area (Å²) in [7, 11) is 0. The zero-order valence-corrected chi connectivity index (χ0v) is 12.1. The van der Waals surface area contributed by atoms with Crippen molar-refractivity contribution in [2.24, 2.45) is 5.73 Å². The zero-order chi connectivity index (χ0) is 13.5. The molecule has 6 nitrogen and oxygen atoms in total. The molecular formula is C12H19N5OS. The van der Waals surface area contributed by atoms with Crippen molar-refractivity contribution >= 4 is 16.3 Å². The topological polar surface area (TPSA) is 78.3 Å². The van der Waals surface area contributed by atoms with E-state index in [-0.39, 0.29) is 6.10 Å². The molecule has 0 radical (unpaired) electrons. The van der Waals surface area contributed by atoms with Crippen molar-refractivity contribution < 1.29 is 4.74 Å². The molecule has 1 aliphatic heterocycles. The predicted molar refractivity (Wildman–Crippen MR) is 73.0 cm³/mol. The minimum atomic E-state index is -0.395. The standard InChI is InChI=1S/C12H19N5OS/c1-3-6-12(2,13)10-16-17-9(8-5-4-7-18-8)14-15-11(17)19-10/h8H,3-7,13H2,1-2H3. The second-order valence-corrected chi connectivity index (χ2v) is 6.28. The molecule has 0 spiro atoms. The highest BCUT2D eigenvalue weighted by Crippen LogP contribution is 2.31. The van der Waals surface area contributed by atoms with E-state index in [4.69, 9.17) is 10.5 Å². The summed E-state index contributed by atoms with van der Waals surface area (Å²) in [6.45, 7) is 4.94. The Hall–Kier alpha value is -1.05. The number of nitrogens with zero attached hydrogens (tertiary/aromatic N) is 4. The van der Waals surface area contributed by atoms with Crippen LogP contribution in [0.1, 0.15) is 56.5 Å². The lowest BCUT2D eigenvalue weighted by molar-refractivity contribution is 0.103. The monoisotopic (exact) mass is 281 g/mol. The molecule has 2 aromatic rings. The van der Waals surface area contributed by atoms with Gasteiger partial charge in [0.2, 0.25) is 4.96 Å². The van der Waals surface area contributed by atoms with Crippen LogP contribution in [-0.2, 0) is 10.3 Å². The predicted octanol–water partition coefficient (Wildman–Crippen LogP) is 2.01. The maximum Gasteiger partial charge on any atom is 0.234 e. The molecule has 1 fully saturated rings. The lowest BCUT2D eigenvalue weighted by atomic mass is 9.99. The first-order chi connectivity index (χ1) is 9.12. The molecule has 19 heavy (non-hydrogen) atoms. The van der Waals surface area contributed by atoms with Crippen molar-refractivity contribution in [1.29, 1.82) is 0 Å². The Labute approximate surface area is 116 Å². The second kappa shape index (κ2) is 4.81. The van der Waals surface area contributed by atoms with Gasteiger partial charge in [0, 0.05) is 6.61 Å². The van der Waals surface area contributed by atoms with E-state index >= 15 is 0 Å². The maximum atomic E-state index is 6.33. The van der Waals surface area contributed by atoms with Gasteiger partial charge in [-0.05, 0) is 26.2 Å². The second-order valence-electron chi connectivity index (χ2n) is 5.33. The van der Waals surface area contributed by atoms with E-state index in [0.29, 0.717) is 0 Å². The van der Waals surface area contributed by atoms with Crippen molar-refractivity contribution in [3.63, 3.8) is 0 Å². The zero-order valence-electron chi connectivity index (χ0n) is 11.3. The fraction of sp³-hybridized carbons (Fsp3) is 0.750. The van der Waals surface area contributed by atoms with E-state index in [1.165, 1.54) is 11.3 Å². The lowest BCUT2D eigenvalue weighted by Gasteiger charge is -2.20. The highest BCUT2D eigenvalue weighted by atomic mass is 32.1. The van der Waals surface area contributed by atoms with Gasteiger partial charge < -0.3 is 10.5 Å². The minimum absolute atomic E-state index is 0.0279. The number of hydrogen-bond acceptors (Lipinski definition) is 6. The molecule has 7 heteroatoms. The molecule has 1 aliphatic rings. The molecular weight excluding hydrogens is 262 g/mol. The Bertz CT molecular complexity index is 570. The molecule has 0 aromatic carbocycles. The minimum Gasteiger partial charge on any atom is -0.370 e. The van der Waals surface area contributed by atoms with Crippen LogP contribution < -0.4 is 5.73 Å². The maximum absolute atomic E-state index is 6.33. The molecule has 0 aliphatic carbocycles. The normalized spacial score (nSPS) is 23.0. The van der Waals surface area contributed by atoms with E-state index in [0.717, 1.165) is 48.1 Å². The average molecular weight is 281 g/mol. The highest BCUT2D eigenvalue weighted by molar-refractivity contribution is 7.16. The van der Waals surface area contributed by atoms with Crippen molar-refractivity contribution in [1.82, 2.24) is 19.8 Å². The summed E-state index contributed by atoms with van der Waals surface area (Å²) in [4.78, 5) is 0.799. The number of fused-ring (bicyclic) bond motifs is 1. The van der Waals surface area contributed by atoms with Crippen LogP contribution in [0, 0.1) is 0 Å². The van der Waals surface area contributed by atoms with E-state index in [1.54, 1.807) is 4.52 Å². The highest BCUT2D eigenvalue weighted by Gasteiger charge is 2.29. The van der Waals surface area contributed by atoms with Crippen molar-refractivity contribution in [2.75, 3.05) is 6.61 Å². The van der Waals surface area contributed by atoms with Gasteiger partial charge in [0.25, 0.3) is 0 Å². The van der Waals surface area contributed by atoms with Crippen LogP contribution in [0.4, 0.5) is 0 Å². The summed E-state index contributed by atoms with van der Waals surface area (Å²) < 4.78 is 7.46. The molecule has 2 atom stereocenters. The van der Waals surface area contributed by atoms with Crippen molar-refractivity contribution in [3.05, 3.63) is 10.8 Å². The quantitative estimate of drug-likeness (QED) is 0.927. The van der Waals surface area contributed by atoms with Gasteiger partial charge in [0.15, 0.2) is 5.82 Å². The van der Waals surface area contributed by atoms with E-state index in [2.05, 4.69) is 22.2 Å². The summed E-state index contributed by atoms with van der Waals surface area (Å²) >= 11 is 1.52. The Morgan fingerprint density at radius 2 is 2.37 bits per heavy atom. The van der Waals surface area contributed by atoms with Crippen LogP contribution in [0.5, 0.6) is 0 Å². The number of hydrogen-bond donors (Lipinski definition) is 1. The molecule has 3 heterocycles. The molecule has 2 unspecified atom stereocenters. The third-order valence-corrected chi connectivity index (χ3v) is 4.67. The fourth-order valence-electron chi connectivity index (χ4n) is 2.47. The molecule has 0 bridgehead atoms. The van der Waals surface area contributed by atoms with Crippen LogP contribution in [0.25, 0.3) is 4.96 Å². The molecule has 3 rings (SSSR count). The number of nitrogens with two attached hydrogens (primary N) is 1. The first-order valence-electron chi connectivity index (χ1n) is 6.75. The van der Waals surface area contributed by atoms with Crippen LogP contribution in [0.2, 0.25) is 0 Å². The van der Waals surface area contributed by atoms with Crippen LogP contribution in [-0.4, -0.2) is 26.4 Å². The smallest absolute Gasteiger partial charge is 0.234 e. The Morgan fingerprint density at radius 3 is 3.05 bits per heavy atom. The summed E-state index contributed by atoms with van der Waals surface area (Å²) in [5, 5.41) is 13.9. The van der Waals surface area contributed by atoms with E-state index < -0.39 is 5.54 Å². The van der Waals surface area contributed by atoms with Crippen molar-refractivity contribution in [2.45, 2.75) is 51.2 Å². The van der Waals surface area contributed by atoms with E-state index in [1.807, 2.05) is 6.92 Å². The van der Waals surface area contributed by atoms with E-state index in [9.17, 15) is 0 Å². The molecule has 1 saturated heterocycles. The molecule has 104 valence electrons. The Balaban J connectivity index is 1.97. The molecule has 2 N–H and O–H groups in total. The van der Waals surface area contributed by atoms with Crippen molar-refractivity contribution in [3.8, 4) is 0 Å². The lowest BCUT2D eigenvalue weighted by Crippen LogP contribution is -2.32. The fourth-order valence-corrected chi connectivity index (χ4v) is 3.40. The van der Waals surface area contributed by atoms with Crippen LogP contribution in [0.3, 0.4) is 0 Å². The molecule has 0 amide bonds. The summed E-state index contributed by atoms with van der Waals surface area (Å²) in [5.74, 6) is 0.808. The summed E-state index contributed by atoms with van der Waals surface area (Å²) in [6.07, 6.45) is 4.03. The van der Waals surface area contributed by atoms with Crippen LogP contribution >= 0.6 is 11.3 Å². The Kier molecular flexibility index (Phi) is 3.28. The number of aromatic nitrogens is 4. The van der Waals surface area contributed by atoms with Gasteiger partial charge in [-0.15, -0.1) is 10.2 Å². The van der Waals surface area contributed by atoms with Gasteiger partial charge in [-0.2, -0.15) is 9.61 Å². The summed E-state index contributed by atoms with van der Waals surface area (Å²) in [5.41, 5.74) is 5.94. The van der Waals surface area contributed by atoms with Gasteiger partial charge >= 0.3 is 0 Å². The Morgan fingerprint density at radius 1 is 1.53 bits per heavy atom. The number of rotatable bonds is 4. The number of ether oxygens (including phenoxy) is 1. The summed E-state index contributed by atoms with van der Waals surface area (Å²) in [6, 6.07) is 0. The largest absolute Gasteiger partial charge is 0.370 e. The van der Waals surface area contributed by atoms with Gasteiger partial charge in [-0.3, -0.25) is 0 Å². The van der Waals surface area contributed by atoms with Gasteiger partial charge in [0.1, 0.15) is 11.1 Å². The third kappa shape index (κ3) is 2.26. The first kappa shape index (κ1) is 13.0.